The van der Waals surface area contributed by atoms with Crippen LogP contribution in [0.2, 0.25) is 0 Å². The van der Waals surface area contributed by atoms with E-state index in [9.17, 15) is 0 Å². The summed E-state index contributed by atoms with van der Waals surface area (Å²) in [5.41, 5.74) is 1.01. The van der Waals surface area contributed by atoms with E-state index >= 15 is 0 Å². The van der Waals surface area contributed by atoms with Gasteiger partial charge in [0.05, 0.1) is 6.20 Å². The zero-order chi connectivity index (χ0) is 11.8. The Balaban J connectivity index is 2.23. The fourth-order valence-corrected chi connectivity index (χ4v) is 1.41. The summed E-state index contributed by atoms with van der Waals surface area (Å²) in [5, 5.41) is 3.37. The molecule has 0 fully saturated rings. The van der Waals surface area contributed by atoms with Crippen molar-refractivity contribution in [3.05, 3.63) is 24.0 Å². The molecule has 0 aromatic carbocycles. The molecule has 0 radical (unpaired) electrons. The number of ether oxygens (including phenoxy) is 1. The average Bonchev–Trinajstić information content (AvgIpc) is 2.28. The van der Waals surface area contributed by atoms with Crippen molar-refractivity contribution in [1.29, 1.82) is 0 Å². The lowest BCUT2D eigenvalue weighted by Gasteiger charge is -2.15. The Bertz CT molecular complexity index is 284. The molecule has 0 amide bonds. The standard InChI is InChI=1S/C13H22N2O/c1-4-5-8-14-9-12(3)16-13-7-6-11(2)15-10-13/h6-7,10,12,14H,4-5,8-9H2,1-3H3. The van der Waals surface area contributed by atoms with Crippen molar-refractivity contribution in [1.82, 2.24) is 10.3 Å². The van der Waals surface area contributed by atoms with Crippen molar-refractivity contribution in [2.24, 2.45) is 0 Å². The highest BCUT2D eigenvalue weighted by Gasteiger charge is 2.03. The van der Waals surface area contributed by atoms with Crippen LogP contribution in [0.3, 0.4) is 0 Å². The van der Waals surface area contributed by atoms with Crippen molar-refractivity contribution in [3.8, 4) is 5.75 Å². The van der Waals surface area contributed by atoms with Gasteiger partial charge in [-0.25, -0.2) is 0 Å². The summed E-state index contributed by atoms with van der Waals surface area (Å²) in [7, 11) is 0. The molecule has 1 aromatic heterocycles. The summed E-state index contributed by atoms with van der Waals surface area (Å²) in [4.78, 5) is 4.20. The van der Waals surface area contributed by atoms with Crippen molar-refractivity contribution in [2.45, 2.75) is 39.7 Å². The maximum Gasteiger partial charge on any atom is 0.138 e. The van der Waals surface area contributed by atoms with Crippen molar-refractivity contribution in [3.63, 3.8) is 0 Å². The third-order valence-corrected chi connectivity index (χ3v) is 2.36. The van der Waals surface area contributed by atoms with Gasteiger partial charge in [0.15, 0.2) is 0 Å². The maximum atomic E-state index is 5.72. The van der Waals surface area contributed by atoms with Gasteiger partial charge in [0.25, 0.3) is 0 Å². The van der Waals surface area contributed by atoms with Crippen LogP contribution in [-0.2, 0) is 0 Å². The molecule has 3 heteroatoms. The van der Waals surface area contributed by atoms with Crippen LogP contribution < -0.4 is 10.1 Å². The summed E-state index contributed by atoms with van der Waals surface area (Å²) >= 11 is 0. The predicted octanol–water partition coefficient (Wildman–Crippen LogP) is 2.55. The van der Waals surface area contributed by atoms with E-state index < -0.39 is 0 Å². The Morgan fingerprint density at radius 2 is 2.25 bits per heavy atom. The zero-order valence-electron chi connectivity index (χ0n) is 10.5. The van der Waals surface area contributed by atoms with Gasteiger partial charge in [0.2, 0.25) is 0 Å². The number of rotatable bonds is 7. The highest BCUT2D eigenvalue weighted by molar-refractivity contribution is 5.19. The maximum absolute atomic E-state index is 5.72. The fourth-order valence-electron chi connectivity index (χ4n) is 1.41. The van der Waals surface area contributed by atoms with E-state index in [2.05, 4.69) is 24.1 Å². The molecule has 0 saturated carbocycles. The lowest BCUT2D eigenvalue weighted by atomic mass is 10.3. The molecular weight excluding hydrogens is 200 g/mol. The van der Waals surface area contributed by atoms with Crippen molar-refractivity contribution < 1.29 is 4.74 Å². The SMILES string of the molecule is CCCCNCC(C)Oc1ccc(C)nc1. The first kappa shape index (κ1) is 13.0. The van der Waals surface area contributed by atoms with Crippen LogP contribution in [-0.4, -0.2) is 24.2 Å². The summed E-state index contributed by atoms with van der Waals surface area (Å²) in [6.45, 7) is 8.18. The molecule has 0 aliphatic rings. The largest absolute Gasteiger partial charge is 0.488 e. The predicted molar refractivity (Wildman–Crippen MR) is 66.8 cm³/mol. The van der Waals surface area contributed by atoms with Crippen LogP contribution in [0.4, 0.5) is 0 Å². The second-order valence-corrected chi connectivity index (χ2v) is 4.12. The molecule has 90 valence electrons. The molecule has 1 N–H and O–H groups in total. The quantitative estimate of drug-likeness (QED) is 0.720. The van der Waals surface area contributed by atoms with Crippen molar-refractivity contribution in [2.75, 3.05) is 13.1 Å². The third-order valence-electron chi connectivity index (χ3n) is 2.36. The first-order chi connectivity index (χ1) is 7.72. The van der Waals surface area contributed by atoms with E-state index in [1.165, 1.54) is 12.8 Å². The van der Waals surface area contributed by atoms with Crippen LogP contribution in [0.5, 0.6) is 5.75 Å². The molecular formula is C13H22N2O. The second-order valence-electron chi connectivity index (χ2n) is 4.12. The molecule has 1 unspecified atom stereocenters. The minimum Gasteiger partial charge on any atom is -0.488 e. The lowest BCUT2D eigenvalue weighted by Crippen LogP contribution is -2.29. The Morgan fingerprint density at radius 3 is 2.88 bits per heavy atom. The molecule has 1 atom stereocenters. The molecule has 1 rings (SSSR count). The normalized spacial score (nSPS) is 12.4. The molecule has 0 aliphatic heterocycles. The number of nitrogens with zero attached hydrogens (tertiary/aromatic N) is 1. The number of aromatic nitrogens is 1. The number of hydrogen-bond donors (Lipinski definition) is 1. The number of aryl methyl sites for hydroxylation is 1. The summed E-state index contributed by atoms with van der Waals surface area (Å²) in [6, 6.07) is 3.93. The fraction of sp³-hybridized carbons (Fsp3) is 0.615. The Labute approximate surface area is 98.2 Å². The lowest BCUT2D eigenvalue weighted by molar-refractivity contribution is 0.216. The minimum atomic E-state index is 0.182. The van der Waals surface area contributed by atoms with Crippen LogP contribution in [0.25, 0.3) is 0 Å². The smallest absolute Gasteiger partial charge is 0.138 e. The topological polar surface area (TPSA) is 34.1 Å². The van der Waals surface area contributed by atoms with E-state index in [4.69, 9.17) is 4.74 Å². The van der Waals surface area contributed by atoms with Gasteiger partial charge in [-0.15, -0.1) is 0 Å². The summed E-state index contributed by atoms with van der Waals surface area (Å²) < 4.78 is 5.72. The minimum absolute atomic E-state index is 0.182. The van der Waals surface area contributed by atoms with Gasteiger partial charge >= 0.3 is 0 Å². The molecule has 0 bridgehead atoms. The van der Waals surface area contributed by atoms with Crippen LogP contribution in [0, 0.1) is 6.92 Å². The van der Waals surface area contributed by atoms with Crippen LogP contribution >= 0.6 is 0 Å². The monoisotopic (exact) mass is 222 g/mol. The zero-order valence-corrected chi connectivity index (χ0v) is 10.5. The van der Waals surface area contributed by atoms with Gasteiger partial charge < -0.3 is 10.1 Å². The Morgan fingerprint density at radius 1 is 1.44 bits per heavy atom. The van der Waals surface area contributed by atoms with Gasteiger partial charge in [0, 0.05) is 12.2 Å². The van der Waals surface area contributed by atoms with Gasteiger partial charge in [-0.2, -0.15) is 0 Å². The summed E-state index contributed by atoms with van der Waals surface area (Å²) in [5.74, 6) is 0.843. The molecule has 0 saturated heterocycles. The Hall–Kier alpha value is -1.09. The molecule has 3 nitrogen and oxygen atoms in total. The van der Waals surface area contributed by atoms with E-state index in [1.807, 2.05) is 19.1 Å². The number of hydrogen-bond acceptors (Lipinski definition) is 3. The van der Waals surface area contributed by atoms with Gasteiger partial charge in [-0.05, 0) is 38.9 Å². The summed E-state index contributed by atoms with van der Waals surface area (Å²) in [6.07, 6.45) is 4.40. The Kier molecular flexibility index (Phi) is 5.86. The highest BCUT2D eigenvalue weighted by atomic mass is 16.5. The molecule has 16 heavy (non-hydrogen) atoms. The van der Waals surface area contributed by atoms with Crippen LogP contribution in [0.1, 0.15) is 32.4 Å². The van der Waals surface area contributed by atoms with Crippen LogP contribution in [0.15, 0.2) is 18.3 Å². The van der Waals surface area contributed by atoms with Crippen molar-refractivity contribution >= 4 is 0 Å². The molecule has 0 spiro atoms. The van der Waals surface area contributed by atoms with E-state index in [0.29, 0.717) is 0 Å². The average molecular weight is 222 g/mol. The van der Waals surface area contributed by atoms with E-state index in [-0.39, 0.29) is 6.10 Å². The first-order valence-corrected chi connectivity index (χ1v) is 6.02. The highest BCUT2D eigenvalue weighted by Crippen LogP contribution is 2.10. The van der Waals surface area contributed by atoms with E-state index in [0.717, 1.165) is 24.5 Å². The van der Waals surface area contributed by atoms with Gasteiger partial charge in [-0.1, -0.05) is 13.3 Å². The number of pyridine rings is 1. The number of unbranched alkanes of at least 4 members (excludes halogenated alkanes) is 1. The molecule has 1 heterocycles. The van der Waals surface area contributed by atoms with Gasteiger partial charge in [0.1, 0.15) is 11.9 Å². The molecule has 0 aliphatic carbocycles. The first-order valence-electron chi connectivity index (χ1n) is 6.02. The third kappa shape index (κ3) is 5.12. The number of nitrogens with one attached hydrogen (secondary N) is 1. The second kappa shape index (κ2) is 7.23. The molecule has 1 aromatic rings. The van der Waals surface area contributed by atoms with Gasteiger partial charge in [-0.3, -0.25) is 4.98 Å². The van der Waals surface area contributed by atoms with E-state index in [1.54, 1.807) is 6.20 Å².